The van der Waals surface area contributed by atoms with Gasteiger partial charge in [0.1, 0.15) is 17.3 Å². The van der Waals surface area contributed by atoms with Crippen molar-refractivity contribution in [2.75, 3.05) is 23.5 Å². The fraction of sp³-hybridized carbons (Fsp3) is 0.194. The van der Waals surface area contributed by atoms with Gasteiger partial charge in [0, 0.05) is 53.3 Å². The van der Waals surface area contributed by atoms with Gasteiger partial charge in [-0.15, -0.1) is 0 Å². The van der Waals surface area contributed by atoms with Crippen molar-refractivity contribution in [2.45, 2.75) is 36.0 Å². The smallest absolute Gasteiger partial charge is 0.137 e. The molecule has 6 rings (SSSR count). The number of ether oxygens (including phenoxy) is 1. The minimum atomic E-state index is 0.0277. The SMILES string of the molecule is CN1C=CN(c2cccc(Oc3ccc4c(c3)N(c3cc(C(C)(C)C)ccn3)c3ccccc3S4)c2)C1. The number of rotatable bonds is 4. The zero-order valence-electron chi connectivity index (χ0n) is 21.6. The summed E-state index contributed by atoms with van der Waals surface area (Å²) in [7, 11) is 2.07. The van der Waals surface area contributed by atoms with Crippen molar-refractivity contribution in [3.05, 3.63) is 103 Å². The zero-order chi connectivity index (χ0) is 25.6. The Balaban J connectivity index is 1.38. The van der Waals surface area contributed by atoms with Crippen LogP contribution >= 0.6 is 11.8 Å². The molecule has 0 unspecified atom stereocenters. The molecule has 0 N–H and O–H groups in total. The topological polar surface area (TPSA) is 31.8 Å². The Morgan fingerprint density at radius 1 is 0.811 bits per heavy atom. The quantitative estimate of drug-likeness (QED) is 0.244. The van der Waals surface area contributed by atoms with E-state index in [-0.39, 0.29) is 5.41 Å². The predicted molar refractivity (Wildman–Crippen MR) is 153 cm³/mol. The van der Waals surface area contributed by atoms with Gasteiger partial charge in [-0.3, -0.25) is 4.90 Å². The third kappa shape index (κ3) is 4.65. The lowest BCUT2D eigenvalue weighted by Gasteiger charge is -2.33. The Labute approximate surface area is 223 Å². The van der Waals surface area contributed by atoms with E-state index in [1.807, 2.05) is 24.4 Å². The molecule has 1 aromatic heterocycles. The van der Waals surface area contributed by atoms with Gasteiger partial charge in [0.25, 0.3) is 0 Å². The van der Waals surface area contributed by atoms with E-state index < -0.39 is 0 Å². The van der Waals surface area contributed by atoms with Crippen LogP contribution in [0.5, 0.6) is 11.5 Å². The van der Waals surface area contributed by atoms with Crippen LogP contribution in [-0.2, 0) is 5.41 Å². The summed E-state index contributed by atoms with van der Waals surface area (Å²) in [6.07, 6.45) is 6.07. The number of nitrogens with zero attached hydrogens (tertiary/aromatic N) is 4. The lowest BCUT2D eigenvalue weighted by atomic mass is 9.88. The van der Waals surface area contributed by atoms with Crippen molar-refractivity contribution in [1.82, 2.24) is 9.88 Å². The Morgan fingerprint density at radius 2 is 1.62 bits per heavy atom. The maximum absolute atomic E-state index is 6.40. The Morgan fingerprint density at radius 3 is 2.43 bits per heavy atom. The highest BCUT2D eigenvalue weighted by Gasteiger charge is 2.27. The molecule has 2 aliphatic rings. The summed E-state index contributed by atoms with van der Waals surface area (Å²) in [4.78, 5) is 13.8. The maximum atomic E-state index is 6.40. The molecule has 5 nitrogen and oxygen atoms in total. The van der Waals surface area contributed by atoms with Gasteiger partial charge in [0.05, 0.1) is 18.0 Å². The van der Waals surface area contributed by atoms with Crippen molar-refractivity contribution < 1.29 is 4.74 Å². The first kappa shape index (κ1) is 23.5. The predicted octanol–water partition coefficient (Wildman–Crippen LogP) is 8.29. The van der Waals surface area contributed by atoms with Gasteiger partial charge in [-0.2, -0.15) is 0 Å². The maximum Gasteiger partial charge on any atom is 0.137 e. The average Bonchev–Trinajstić information content (AvgIpc) is 3.33. The molecule has 0 saturated heterocycles. The number of hydrogen-bond donors (Lipinski definition) is 0. The summed E-state index contributed by atoms with van der Waals surface area (Å²) in [5.74, 6) is 2.51. The van der Waals surface area contributed by atoms with Crippen molar-refractivity contribution in [3.8, 4) is 11.5 Å². The molecule has 6 heteroatoms. The highest BCUT2D eigenvalue weighted by atomic mass is 32.2. The molecule has 0 fully saturated rings. The minimum absolute atomic E-state index is 0.0277. The molecule has 0 atom stereocenters. The first-order valence-electron chi connectivity index (χ1n) is 12.5. The van der Waals surface area contributed by atoms with Gasteiger partial charge in [-0.25, -0.2) is 4.98 Å². The molecular formula is C31H30N4OS. The van der Waals surface area contributed by atoms with Gasteiger partial charge < -0.3 is 14.5 Å². The number of anilines is 4. The highest BCUT2D eigenvalue weighted by molar-refractivity contribution is 7.99. The molecule has 3 heterocycles. The number of para-hydroxylation sites is 1. The molecule has 2 aliphatic heterocycles. The van der Waals surface area contributed by atoms with Crippen LogP contribution in [0, 0.1) is 0 Å². The number of pyridine rings is 1. The van der Waals surface area contributed by atoms with Crippen LogP contribution in [0.4, 0.5) is 22.9 Å². The molecule has 0 spiro atoms. The van der Waals surface area contributed by atoms with Crippen molar-refractivity contribution >= 4 is 34.6 Å². The zero-order valence-corrected chi connectivity index (χ0v) is 22.4. The lowest BCUT2D eigenvalue weighted by Crippen LogP contribution is -2.21. The summed E-state index contributed by atoms with van der Waals surface area (Å²) < 4.78 is 6.40. The summed E-state index contributed by atoms with van der Waals surface area (Å²) in [6.45, 7) is 7.52. The summed E-state index contributed by atoms with van der Waals surface area (Å²) in [5, 5.41) is 0. The Bertz CT molecular complexity index is 1490. The first-order valence-corrected chi connectivity index (χ1v) is 13.3. The van der Waals surface area contributed by atoms with Crippen LogP contribution in [0.25, 0.3) is 0 Å². The van der Waals surface area contributed by atoms with Crippen LogP contribution in [-0.4, -0.2) is 23.6 Å². The number of hydrogen-bond acceptors (Lipinski definition) is 6. The largest absolute Gasteiger partial charge is 0.457 e. The number of fused-ring (bicyclic) bond motifs is 2. The van der Waals surface area contributed by atoms with E-state index in [1.54, 1.807) is 11.8 Å². The molecule has 0 bridgehead atoms. The summed E-state index contributed by atoms with van der Waals surface area (Å²) >= 11 is 1.78. The third-order valence-electron chi connectivity index (χ3n) is 6.60. The lowest BCUT2D eigenvalue weighted by molar-refractivity contribution is 0.480. The van der Waals surface area contributed by atoms with E-state index >= 15 is 0 Å². The second-order valence-electron chi connectivity index (χ2n) is 10.5. The van der Waals surface area contributed by atoms with Crippen molar-refractivity contribution in [2.24, 2.45) is 0 Å². The van der Waals surface area contributed by atoms with Gasteiger partial charge >= 0.3 is 0 Å². The van der Waals surface area contributed by atoms with Gasteiger partial charge in [0.15, 0.2) is 0 Å². The van der Waals surface area contributed by atoms with E-state index in [1.165, 1.54) is 15.4 Å². The Hall–Kier alpha value is -3.90. The molecule has 0 radical (unpaired) electrons. The fourth-order valence-corrected chi connectivity index (χ4v) is 5.65. The normalized spacial score (nSPS) is 14.5. The molecule has 0 aliphatic carbocycles. The van der Waals surface area contributed by atoms with Gasteiger partial charge in [0.2, 0.25) is 0 Å². The van der Waals surface area contributed by atoms with Crippen LogP contribution in [0.2, 0.25) is 0 Å². The fourth-order valence-electron chi connectivity index (χ4n) is 4.61. The van der Waals surface area contributed by atoms with Crippen molar-refractivity contribution in [3.63, 3.8) is 0 Å². The molecule has 0 saturated carbocycles. The summed E-state index contributed by atoms with van der Waals surface area (Å²) in [6, 6.07) is 27.4. The third-order valence-corrected chi connectivity index (χ3v) is 7.73. The molecule has 37 heavy (non-hydrogen) atoms. The van der Waals surface area contributed by atoms with Crippen molar-refractivity contribution in [1.29, 1.82) is 0 Å². The summed E-state index contributed by atoms with van der Waals surface area (Å²) in [5.41, 5.74) is 4.58. The van der Waals surface area contributed by atoms with E-state index in [9.17, 15) is 0 Å². The minimum Gasteiger partial charge on any atom is -0.457 e. The van der Waals surface area contributed by atoms with Gasteiger partial charge in [-0.1, -0.05) is 50.7 Å². The number of aromatic nitrogens is 1. The second kappa shape index (κ2) is 9.20. The number of benzene rings is 3. The van der Waals surface area contributed by atoms with Gasteiger partial charge in [-0.05, 0) is 59.5 Å². The molecule has 0 amide bonds. The van der Waals surface area contributed by atoms with Crippen LogP contribution in [0.3, 0.4) is 0 Å². The standard InChI is InChI=1S/C31H30N4OS/c1-31(2,3)22-14-15-32-30(18-22)35-26-10-5-6-11-28(26)37-29-13-12-25(20-27(29)35)36-24-9-7-8-23(19-24)34-17-16-33(4)21-34/h5-20H,21H2,1-4H3. The van der Waals surface area contributed by atoms with E-state index in [2.05, 4.69) is 116 Å². The average molecular weight is 507 g/mol. The van der Waals surface area contributed by atoms with E-state index in [0.29, 0.717) is 0 Å². The molecule has 3 aromatic carbocycles. The van der Waals surface area contributed by atoms with Crippen LogP contribution in [0.15, 0.2) is 107 Å². The van der Waals surface area contributed by atoms with E-state index in [4.69, 9.17) is 9.72 Å². The monoisotopic (exact) mass is 506 g/mol. The van der Waals surface area contributed by atoms with Crippen LogP contribution in [0.1, 0.15) is 26.3 Å². The molecule has 186 valence electrons. The molecule has 4 aromatic rings. The Kier molecular flexibility index (Phi) is 5.84. The second-order valence-corrected chi connectivity index (χ2v) is 11.5. The molecular weight excluding hydrogens is 476 g/mol. The first-order chi connectivity index (χ1) is 17.8. The van der Waals surface area contributed by atoms with Crippen LogP contribution < -0.4 is 14.5 Å². The van der Waals surface area contributed by atoms with E-state index in [0.717, 1.165) is 41.0 Å². The highest BCUT2D eigenvalue weighted by Crippen LogP contribution is 2.52.